The second-order valence-corrected chi connectivity index (χ2v) is 7.49. The highest BCUT2D eigenvalue weighted by molar-refractivity contribution is 5.60. The Morgan fingerprint density at radius 2 is 1.86 bits per heavy atom. The Morgan fingerprint density at radius 1 is 1.03 bits per heavy atom. The van der Waals surface area contributed by atoms with Crippen molar-refractivity contribution in [1.82, 2.24) is 0 Å². The van der Waals surface area contributed by atoms with E-state index in [0.717, 1.165) is 29.1 Å². The monoisotopic (exact) mass is 402 g/mol. The van der Waals surface area contributed by atoms with Crippen molar-refractivity contribution in [1.29, 1.82) is 0 Å². The zero-order chi connectivity index (χ0) is 20.5. The van der Waals surface area contributed by atoms with Crippen molar-refractivity contribution in [3.8, 4) is 5.75 Å². The first-order chi connectivity index (χ1) is 14.0. The number of anilines is 2. The first kappa shape index (κ1) is 19.9. The highest BCUT2D eigenvalue weighted by Gasteiger charge is 2.44. The summed E-state index contributed by atoms with van der Waals surface area (Å²) in [5, 5.41) is 43.2. The van der Waals surface area contributed by atoms with Crippen LogP contribution in [0.5, 0.6) is 5.75 Å². The second-order valence-electron chi connectivity index (χ2n) is 7.49. The number of aliphatic hydroxyl groups excluding tert-OH is 4. The molecule has 2 aliphatic rings. The third kappa shape index (κ3) is 3.90. The van der Waals surface area contributed by atoms with Crippen LogP contribution in [-0.4, -0.2) is 64.6 Å². The van der Waals surface area contributed by atoms with Gasteiger partial charge in [0.25, 0.3) is 0 Å². The lowest BCUT2D eigenvalue weighted by atomic mass is 9.89. The van der Waals surface area contributed by atoms with E-state index in [1.54, 1.807) is 12.1 Å². The van der Waals surface area contributed by atoms with Gasteiger partial charge in [0.1, 0.15) is 42.9 Å². The van der Waals surface area contributed by atoms with Gasteiger partial charge in [-0.2, -0.15) is 0 Å². The topological polar surface area (TPSA) is 137 Å². The van der Waals surface area contributed by atoms with Gasteiger partial charge in [0, 0.05) is 12.2 Å². The average molecular weight is 402 g/mol. The van der Waals surface area contributed by atoms with Crippen molar-refractivity contribution in [3.63, 3.8) is 0 Å². The van der Waals surface area contributed by atoms with Crippen LogP contribution in [0.25, 0.3) is 0 Å². The lowest BCUT2D eigenvalue weighted by molar-refractivity contribution is -0.231. The molecule has 0 unspecified atom stereocenters. The summed E-state index contributed by atoms with van der Waals surface area (Å²) in [5.41, 5.74) is 10.2. The molecule has 0 saturated carbocycles. The Morgan fingerprint density at radius 3 is 2.66 bits per heavy atom. The molecule has 0 radical (unpaired) electrons. The number of aliphatic hydroxyl groups is 4. The van der Waals surface area contributed by atoms with Crippen molar-refractivity contribution >= 4 is 11.4 Å². The van der Waals surface area contributed by atoms with Gasteiger partial charge >= 0.3 is 0 Å². The van der Waals surface area contributed by atoms with E-state index in [2.05, 4.69) is 5.32 Å². The minimum atomic E-state index is -1.42. The fourth-order valence-electron chi connectivity index (χ4n) is 3.85. The van der Waals surface area contributed by atoms with Gasteiger partial charge < -0.3 is 41.0 Å². The molecule has 1 saturated heterocycles. The third-order valence-electron chi connectivity index (χ3n) is 5.50. The molecule has 2 heterocycles. The molecular formula is C21H26N2O6. The number of nitrogen functional groups attached to an aromatic ring is 1. The lowest BCUT2D eigenvalue weighted by Gasteiger charge is -2.40. The standard InChI is InChI=1S/C21H26N2O6/c22-14-3-2-12(21-20(27)19(26)18(25)17(10-24)29-21)9-13(14)7-11-1-4-16-15(8-11)23-5-6-28-16/h1-4,8-9,17-21,23-27H,5-7,10,22H2/t17-,18-,19+,20-,21+/m1/s1. The van der Waals surface area contributed by atoms with Crippen LogP contribution in [0.2, 0.25) is 0 Å². The Bertz CT molecular complexity index is 874. The van der Waals surface area contributed by atoms with Crippen LogP contribution < -0.4 is 15.8 Å². The molecule has 0 bridgehead atoms. The van der Waals surface area contributed by atoms with Crippen LogP contribution in [-0.2, 0) is 11.2 Å². The second kappa shape index (κ2) is 8.17. The predicted octanol–water partition coefficient (Wildman–Crippen LogP) is 0.179. The van der Waals surface area contributed by atoms with E-state index in [1.165, 1.54) is 0 Å². The largest absolute Gasteiger partial charge is 0.490 e. The molecule has 29 heavy (non-hydrogen) atoms. The van der Waals surface area contributed by atoms with Crippen molar-refractivity contribution in [2.45, 2.75) is 36.9 Å². The number of nitrogens with one attached hydrogen (secondary N) is 1. The first-order valence-electron chi connectivity index (χ1n) is 9.66. The molecule has 1 fully saturated rings. The highest BCUT2D eigenvalue weighted by Crippen LogP contribution is 2.35. The van der Waals surface area contributed by atoms with E-state index in [9.17, 15) is 20.4 Å². The van der Waals surface area contributed by atoms with E-state index < -0.39 is 37.1 Å². The van der Waals surface area contributed by atoms with E-state index in [4.69, 9.17) is 15.2 Å². The fraction of sp³-hybridized carbons (Fsp3) is 0.429. The molecule has 2 aromatic rings. The molecule has 5 atom stereocenters. The molecule has 8 heteroatoms. The van der Waals surface area contributed by atoms with Crippen molar-refractivity contribution in [2.24, 2.45) is 0 Å². The summed E-state index contributed by atoms with van der Waals surface area (Å²) >= 11 is 0. The third-order valence-corrected chi connectivity index (χ3v) is 5.50. The Balaban J connectivity index is 1.59. The zero-order valence-corrected chi connectivity index (χ0v) is 15.9. The lowest BCUT2D eigenvalue weighted by Crippen LogP contribution is -2.55. The molecule has 0 amide bonds. The van der Waals surface area contributed by atoms with E-state index in [-0.39, 0.29) is 0 Å². The number of nitrogens with two attached hydrogens (primary N) is 1. The van der Waals surface area contributed by atoms with Crippen molar-refractivity contribution in [3.05, 3.63) is 53.1 Å². The number of ether oxygens (including phenoxy) is 2. The van der Waals surface area contributed by atoms with Gasteiger partial charge in [-0.3, -0.25) is 0 Å². The fourth-order valence-corrected chi connectivity index (χ4v) is 3.85. The summed E-state index contributed by atoms with van der Waals surface area (Å²) in [6.07, 6.45) is -5.40. The van der Waals surface area contributed by atoms with Crippen LogP contribution in [0.4, 0.5) is 11.4 Å². The van der Waals surface area contributed by atoms with Crippen molar-refractivity contribution in [2.75, 3.05) is 30.8 Å². The maximum absolute atomic E-state index is 10.4. The normalized spacial score (nSPS) is 28.9. The summed E-state index contributed by atoms with van der Waals surface area (Å²) in [4.78, 5) is 0. The van der Waals surface area contributed by atoms with Crippen LogP contribution in [0.3, 0.4) is 0 Å². The van der Waals surface area contributed by atoms with Crippen LogP contribution in [0.1, 0.15) is 22.8 Å². The van der Waals surface area contributed by atoms with Gasteiger partial charge in [-0.05, 0) is 41.3 Å². The predicted molar refractivity (Wildman–Crippen MR) is 107 cm³/mol. The smallest absolute Gasteiger partial charge is 0.142 e. The molecule has 8 nitrogen and oxygen atoms in total. The molecule has 4 rings (SSSR count). The van der Waals surface area contributed by atoms with E-state index in [0.29, 0.717) is 24.3 Å². The molecule has 2 aliphatic heterocycles. The molecule has 2 aromatic carbocycles. The van der Waals surface area contributed by atoms with Crippen molar-refractivity contribution < 1.29 is 29.9 Å². The molecule has 156 valence electrons. The van der Waals surface area contributed by atoms with Gasteiger partial charge in [-0.1, -0.05) is 18.2 Å². The Labute approximate surface area is 168 Å². The zero-order valence-electron chi connectivity index (χ0n) is 15.9. The maximum atomic E-state index is 10.4. The molecule has 7 N–H and O–H groups in total. The summed E-state index contributed by atoms with van der Waals surface area (Å²) in [6, 6.07) is 11.2. The quantitative estimate of drug-likeness (QED) is 0.399. The van der Waals surface area contributed by atoms with Crippen LogP contribution in [0.15, 0.2) is 36.4 Å². The molecule has 0 aromatic heterocycles. The number of rotatable bonds is 4. The van der Waals surface area contributed by atoms with E-state index in [1.807, 2.05) is 24.3 Å². The first-order valence-corrected chi connectivity index (χ1v) is 9.66. The molecule has 0 aliphatic carbocycles. The number of hydrogen-bond acceptors (Lipinski definition) is 8. The van der Waals surface area contributed by atoms with Gasteiger partial charge in [0.2, 0.25) is 0 Å². The number of hydrogen-bond donors (Lipinski definition) is 6. The van der Waals surface area contributed by atoms with Crippen LogP contribution in [0, 0.1) is 0 Å². The summed E-state index contributed by atoms with van der Waals surface area (Å²) < 4.78 is 11.3. The van der Waals surface area contributed by atoms with Gasteiger partial charge in [-0.15, -0.1) is 0 Å². The van der Waals surface area contributed by atoms with Crippen LogP contribution >= 0.6 is 0 Å². The number of fused-ring (bicyclic) bond motifs is 1. The minimum Gasteiger partial charge on any atom is -0.490 e. The highest BCUT2D eigenvalue weighted by atomic mass is 16.5. The number of benzene rings is 2. The van der Waals surface area contributed by atoms with E-state index >= 15 is 0 Å². The Hall–Kier alpha value is -2.36. The Kier molecular flexibility index (Phi) is 5.62. The van der Waals surface area contributed by atoms with Gasteiger partial charge in [0.15, 0.2) is 0 Å². The van der Waals surface area contributed by atoms with Gasteiger partial charge in [-0.25, -0.2) is 0 Å². The maximum Gasteiger partial charge on any atom is 0.142 e. The molecule has 0 spiro atoms. The molecular weight excluding hydrogens is 376 g/mol. The summed E-state index contributed by atoms with van der Waals surface area (Å²) in [6.45, 7) is 0.930. The van der Waals surface area contributed by atoms with Gasteiger partial charge in [0.05, 0.1) is 12.3 Å². The summed E-state index contributed by atoms with van der Waals surface area (Å²) in [5.74, 6) is 0.822. The minimum absolute atomic E-state index is 0.465. The SMILES string of the molecule is Nc1ccc([C@@H]2O[C@H](CO)[C@@H](O)[C@H](O)[C@H]2O)cc1Cc1ccc2c(c1)NCCO2. The summed E-state index contributed by atoms with van der Waals surface area (Å²) in [7, 11) is 0. The average Bonchev–Trinajstić information content (AvgIpc) is 2.74.